The van der Waals surface area contributed by atoms with Crippen LogP contribution in [0, 0.1) is 0 Å². The maximum Gasteiger partial charge on any atom is 0.407 e. The number of esters is 1. The highest BCUT2D eigenvalue weighted by Gasteiger charge is 2.15. The van der Waals surface area contributed by atoms with Crippen molar-refractivity contribution in [3.63, 3.8) is 0 Å². The first kappa shape index (κ1) is 21.0. The molecule has 2 aromatic carbocycles. The van der Waals surface area contributed by atoms with Crippen LogP contribution in [0.4, 0.5) is 4.79 Å². The van der Waals surface area contributed by atoms with Crippen molar-refractivity contribution < 1.29 is 29.0 Å². The Labute approximate surface area is 163 Å². The summed E-state index contributed by atoms with van der Waals surface area (Å²) in [6, 6.07) is 17.0. The number of carboxylic acid groups (broad SMARTS) is 1. The van der Waals surface area contributed by atoms with Gasteiger partial charge in [-0.15, -0.1) is 0 Å². The van der Waals surface area contributed by atoms with Crippen LogP contribution in [0.25, 0.3) is 0 Å². The van der Waals surface area contributed by atoms with E-state index in [1.54, 1.807) is 24.3 Å². The van der Waals surface area contributed by atoms with E-state index < -0.39 is 24.1 Å². The monoisotopic (exact) mass is 384 g/mol. The molecule has 0 saturated carbocycles. The summed E-state index contributed by atoms with van der Waals surface area (Å²) in [4.78, 5) is 34.7. The Morgan fingerprint density at radius 2 is 1.39 bits per heavy atom. The Morgan fingerprint density at radius 3 is 1.93 bits per heavy atom. The molecule has 0 spiro atoms. The second-order valence-corrected chi connectivity index (χ2v) is 6.12. The van der Waals surface area contributed by atoms with E-state index in [9.17, 15) is 19.5 Å². The molecule has 28 heavy (non-hydrogen) atoms. The fourth-order valence-corrected chi connectivity index (χ4v) is 2.42. The summed E-state index contributed by atoms with van der Waals surface area (Å²) in [7, 11) is 0. The molecule has 1 N–H and O–H groups in total. The Hall–Kier alpha value is -3.35. The molecular formula is C21H22NO6-. The first-order valence-corrected chi connectivity index (χ1v) is 8.92. The Balaban J connectivity index is 1.68. The molecular weight excluding hydrogens is 362 g/mol. The molecule has 7 heteroatoms. The van der Waals surface area contributed by atoms with Crippen LogP contribution < -0.4 is 10.4 Å². The van der Waals surface area contributed by atoms with Crippen molar-refractivity contribution in [2.75, 3.05) is 0 Å². The van der Waals surface area contributed by atoms with Crippen LogP contribution in [0.1, 0.15) is 30.4 Å². The van der Waals surface area contributed by atoms with Gasteiger partial charge >= 0.3 is 12.1 Å². The van der Waals surface area contributed by atoms with Crippen molar-refractivity contribution in [3.05, 3.63) is 71.8 Å². The number of ether oxygens (including phenoxy) is 2. The lowest BCUT2D eigenvalue weighted by Gasteiger charge is -2.19. The third-order valence-electron chi connectivity index (χ3n) is 3.91. The Morgan fingerprint density at radius 1 is 0.857 bits per heavy atom. The van der Waals surface area contributed by atoms with Crippen LogP contribution >= 0.6 is 0 Å². The number of hydrogen-bond donors (Lipinski definition) is 1. The molecule has 0 radical (unpaired) electrons. The minimum atomic E-state index is -1.44. The van der Waals surface area contributed by atoms with E-state index in [1.165, 1.54) is 0 Å². The van der Waals surface area contributed by atoms with Gasteiger partial charge in [0.15, 0.2) is 0 Å². The van der Waals surface area contributed by atoms with Crippen LogP contribution in [0.5, 0.6) is 0 Å². The molecule has 0 aromatic heterocycles. The predicted octanol–water partition coefficient (Wildman–Crippen LogP) is 1.94. The fourth-order valence-electron chi connectivity index (χ4n) is 2.42. The first-order valence-electron chi connectivity index (χ1n) is 8.92. The zero-order chi connectivity index (χ0) is 20.2. The van der Waals surface area contributed by atoms with Crippen molar-refractivity contribution >= 4 is 18.0 Å². The molecule has 148 valence electrons. The molecule has 0 aliphatic rings. The highest BCUT2D eigenvalue weighted by molar-refractivity contribution is 5.78. The fraction of sp³-hybridized carbons (Fsp3) is 0.286. The van der Waals surface area contributed by atoms with Crippen LogP contribution in [0.3, 0.4) is 0 Å². The van der Waals surface area contributed by atoms with Gasteiger partial charge in [0, 0.05) is 6.42 Å². The smallest absolute Gasteiger partial charge is 0.407 e. The summed E-state index contributed by atoms with van der Waals surface area (Å²) in [5.74, 6) is -1.87. The molecule has 0 aliphatic heterocycles. The van der Waals surface area contributed by atoms with Crippen LogP contribution in [0.2, 0.25) is 0 Å². The molecule has 0 fully saturated rings. The standard InChI is InChI=1S/C21H23NO6/c23-19(27-14-16-8-3-1-4-9-16)13-7-12-18(20(24)25)22-21(26)28-15-17-10-5-2-6-11-17/h1-6,8-11,18H,7,12-15H2,(H,22,26)(H,24,25)/p-1/t18-/m0/s1. The Kier molecular flexibility index (Phi) is 8.52. The topological polar surface area (TPSA) is 105 Å². The van der Waals surface area contributed by atoms with E-state index in [0.717, 1.165) is 11.1 Å². The van der Waals surface area contributed by atoms with Crippen molar-refractivity contribution in [1.29, 1.82) is 0 Å². The van der Waals surface area contributed by atoms with Gasteiger partial charge in [0.25, 0.3) is 0 Å². The number of benzene rings is 2. The minimum Gasteiger partial charge on any atom is -0.548 e. The van der Waals surface area contributed by atoms with Gasteiger partial charge in [0.2, 0.25) is 0 Å². The van der Waals surface area contributed by atoms with Crippen molar-refractivity contribution in [2.45, 2.75) is 38.5 Å². The maximum absolute atomic E-state index is 11.8. The van der Waals surface area contributed by atoms with Gasteiger partial charge in [-0.25, -0.2) is 4.79 Å². The summed E-state index contributed by atoms with van der Waals surface area (Å²) >= 11 is 0. The predicted molar refractivity (Wildman–Crippen MR) is 98.6 cm³/mol. The highest BCUT2D eigenvalue weighted by atomic mass is 16.5. The van der Waals surface area contributed by atoms with Gasteiger partial charge in [-0.1, -0.05) is 60.7 Å². The van der Waals surface area contributed by atoms with Crippen LogP contribution in [0.15, 0.2) is 60.7 Å². The van der Waals surface area contributed by atoms with E-state index in [1.807, 2.05) is 36.4 Å². The van der Waals surface area contributed by atoms with Gasteiger partial charge in [-0.05, 0) is 24.0 Å². The molecule has 2 aromatic rings. The molecule has 0 unspecified atom stereocenters. The average Bonchev–Trinajstić information content (AvgIpc) is 2.71. The molecule has 0 saturated heterocycles. The van der Waals surface area contributed by atoms with E-state index >= 15 is 0 Å². The summed E-state index contributed by atoms with van der Waals surface area (Å²) in [5, 5.41) is 13.4. The molecule has 0 heterocycles. The van der Waals surface area contributed by atoms with Gasteiger partial charge in [-0.2, -0.15) is 0 Å². The van der Waals surface area contributed by atoms with Gasteiger partial charge in [0.05, 0.1) is 12.0 Å². The number of carbonyl (C=O) groups excluding carboxylic acids is 3. The molecule has 1 amide bonds. The van der Waals surface area contributed by atoms with E-state index in [-0.39, 0.29) is 32.5 Å². The largest absolute Gasteiger partial charge is 0.548 e. The number of hydrogen-bond acceptors (Lipinski definition) is 6. The molecule has 0 bridgehead atoms. The van der Waals surface area contributed by atoms with Crippen molar-refractivity contribution in [2.24, 2.45) is 0 Å². The van der Waals surface area contributed by atoms with Gasteiger partial charge in [-0.3, -0.25) is 4.79 Å². The summed E-state index contributed by atoms with van der Waals surface area (Å²) in [6.45, 7) is 0.186. The minimum absolute atomic E-state index is 0.0260. The van der Waals surface area contributed by atoms with E-state index in [2.05, 4.69) is 5.32 Å². The maximum atomic E-state index is 11.8. The average molecular weight is 384 g/mol. The number of alkyl carbamates (subject to hydrolysis) is 1. The lowest BCUT2D eigenvalue weighted by Crippen LogP contribution is -2.48. The number of amides is 1. The summed E-state index contributed by atoms with van der Waals surface area (Å²) in [6.07, 6.45) is -0.559. The third-order valence-corrected chi connectivity index (χ3v) is 3.91. The van der Waals surface area contributed by atoms with Crippen LogP contribution in [-0.4, -0.2) is 24.1 Å². The van der Waals surface area contributed by atoms with Gasteiger partial charge < -0.3 is 24.7 Å². The second kappa shape index (κ2) is 11.4. The first-order chi connectivity index (χ1) is 13.5. The normalized spacial score (nSPS) is 11.3. The zero-order valence-electron chi connectivity index (χ0n) is 15.3. The molecule has 2 rings (SSSR count). The summed E-state index contributed by atoms with van der Waals surface area (Å²) in [5.41, 5.74) is 1.65. The number of carboxylic acids is 1. The summed E-state index contributed by atoms with van der Waals surface area (Å²) < 4.78 is 10.1. The second-order valence-electron chi connectivity index (χ2n) is 6.12. The quantitative estimate of drug-likeness (QED) is 0.628. The SMILES string of the molecule is O=C(CCC[C@H](NC(=O)OCc1ccccc1)C(=O)[O-])OCc1ccccc1. The number of nitrogens with one attached hydrogen (secondary N) is 1. The lowest BCUT2D eigenvalue weighted by atomic mass is 10.1. The molecule has 7 nitrogen and oxygen atoms in total. The van der Waals surface area contributed by atoms with E-state index in [4.69, 9.17) is 9.47 Å². The van der Waals surface area contributed by atoms with Crippen LogP contribution in [-0.2, 0) is 32.3 Å². The lowest BCUT2D eigenvalue weighted by molar-refractivity contribution is -0.308. The van der Waals surface area contributed by atoms with Crippen molar-refractivity contribution in [1.82, 2.24) is 5.32 Å². The van der Waals surface area contributed by atoms with Gasteiger partial charge in [0.1, 0.15) is 13.2 Å². The third kappa shape index (κ3) is 7.90. The molecule has 1 atom stereocenters. The zero-order valence-corrected chi connectivity index (χ0v) is 15.3. The number of rotatable bonds is 10. The number of aliphatic carboxylic acids is 1. The molecule has 0 aliphatic carbocycles. The van der Waals surface area contributed by atoms with E-state index in [0.29, 0.717) is 0 Å². The van der Waals surface area contributed by atoms with Crippen molar-refractivity contribution in [3.8, 4) is 0 Å². The Bertz CT molecular complexity index is 763. The number of carbonyl (C=O) groups is 3. The highest BCUT2D eigenvalue weighted by Crippen LogP contribution is 2.07.